The van der Waals surface area contributed by atoms with Crippen molar-refractivity contribution in [2.45, 2.75) is 31.6 Å². The minimum atomic E-state index is -0.622. The lowest BCUT2D eigenvalue weighted by atomic mass is 9.67. The lowest BCUT2D eigenvalue weighted by Gasteiger charge is -2.34. The lowest BCUT2D eigenvalue weighted by Crippen LogP contribution is -2.30. The summed E-state index contributed by atoms with van der Waals surface area (Å²) in [6.07, 6.45) is 0. The zero-order valence-electron chi connectivity index (χ0n) is 20.2. The van der Waals surface area contributed by atoms with Crippen molar-refractivity contribution < 1.29 is 9.15 Å². The topological polar surface area (TPSA) is 22.4 Å². The normalized spacial score (nSPS) is 13.5. The highest BCUT2D eigenvalue weighted by atomic mass is 16.5. The fourth-order valence-electron chi connectivity index (χ4n) is 4.84. The van der Waals surface area contributed by atoms with E-state index in [4.69, 9.17) is 9.15 Å². The predicted octanol–water partition coefficient (Wildman–Crippen LogP) is 8.12. The van der Waals surface area contributed by atoms with Crippen molar-refractivity contribution in [3.05, 3.63) is 137 Å². The van der Waals surface area contributed by atoms with Gasteiger partial charge in [-0.15, -0.1) is 0 Å². The maximum Gasteiger partial charge on any atom is 0.134 e. The number of benzene rings is 4. The molecule has 0 spiro atoms. The average Bonchev–Trinajstić information content (AvgIpc) is 3.30. The summed E-state index contributed by atoms with van der Waals surface area (Å²) in [5.74, 6) is 1.73. The summed E-state index contributed by atoms with van der Waals surface area (Å²) >= 11 is 0. The molecule has 170 valence electrons. The van der Waals surface area contributed by atoms with Gasteiger partial charge in [0.15, 0.2) is 0 Å². The number of para-hydroxylation sites is 1. The first-order valence-corrected chi connectivity index (χ1v) is 11.7. The van der Waals surface area contributed by atoms with Crippen LogP contribution in [-0.4, -0.2) is 7.11 Å². The Labute approximate surface area is 201 Å². The van der Waals surface area contributed by atoms with E-state index in [-0.39, 0.29) is 5.41 Å². The summed E-state index contributed by atoms with van der Waals surface area (Å²) in [7, 11) is 1.70. The minimum absolute atomic E-state index is 0.0768. The molecule has 5 rings (SSSR count). The van der Waals surface area contributed by atoms with Crippen LogP contribution >= 0.6 is 0 Å². The van der Waals surface area contributed by atoms with E-state index >= 15 is 0 Å². The molecule has 0 radical (unpaired) electrons. The third-order valence-corrected chi connectivity index (χ3v) is 6.71. The Balaban J connectivity index is 1.86. The number of furan rings is 1. The molecular formula is C32H30O2. The SMILES string of the molecule is COc1ccc(C(c2ccccc2)(c2ccc(C(C)(C)C)cc2)c2cc3ccccc3o2)cc1. The number of hydrogen-bond donors (Lipinski definition) is 0. The van der Waals surface area contributed by atoms with Gasteiger partial charge >= 0.3 is 0 Å². The monoisotopic (exact) mass is 446 g/mol. The van der Waals surface area contributed by atoms with Gasteiger partial charge in [-0.2, -0.15) is 0 Å². The standard InChI is InChI=1S/C32H30O2/c1-31(2,3)24-14-16-26(17-15-24)32(25-11-6-5-7-12-25,27-18-20-28(33-4)21-19-27)30-22-23-10-8-9-13-29(23)34-30/h5-22H,1-4H3. The Morgan fingerprint density at radius 2 is 1.12 bits per heavy atom. The van der Waals surface area contributed by atoms with Crippen LogP contribution in [0.5, 0.6) is 5.75 Å². The molecular weight excluding hydrogens is 416 g/mol. The molecule has 1 heterocycles. The molecule has 0 fully saturated rings. The summed E-state index contributed by atoms with van der Waals surface area (Å²) in [6.45, 7) is 6.74. The Morgan fingerprint density at radius 1 is 0.588 bits per heavy atom. The van der Waals surface area contributed by atoms with Gasteiger partial charge in [-0.1, -0.05) is 106 Å². The van der Waals surface area contributed by atoms with Crippen LogP contribution in [0.1, 0.15) is 48.8 Å². The fourth-order valence-corrected chi connectivity index (χ4v) is 4.84. The quantitative estimate of drug-likeness (QED) is 0.254. The van der Waals surface area contributed by atoms with Crippen molar-refractivity contribution in [1.82, 2.24) is 0 Å². The average molecular weight is 447 g/mol. The van der Waals surface area contributed by atoms with Gasteiger partial charge in [-0.05, 0) is 51.9 Å². The van der Waals surface area contributed by atoms with Crippen molar-refractivity contribution in [1.29, 1.82) is 0 Å². The first kappa shape index (κ1) is 22.0. The van der Waals surface area contributed by atoms with Crippen LogP contribution in [0, 0.1) is 0 Å². The second kappa shape index (κ2) is 8.53. The van der Waals surface area contributed by atoms with Crippen molar-refractivity contribution >= 4 is 11.0 Å². The van der Waals surface area contributed by atoms with Crippen molar-refractivity contribution in [2.24, 2.45) is 0 Å². The molecule has 0 aliphatic heterocycles. The van der Waals surface area contributed by atoms with Crippen molar-refractivity contribution in [3.63, 3.8) is 0 Å². The molecule has 0 aliphatic rings. The summed E-state index contributed by atoms with van der Waals surface area (Å²) < 4.78 is 12.1. The number of fused-ring (bicyclic) bond motifs is 1. The summed E-state index contributed by atoms with van der Waals surface area (Å²) in [5.41, 5.74) is 5.09. The van der Waals surface area contributed by atoms with E-state index in [2.05, 4.69) is 106 Å². The van der Waals surface area contributed by atoms with Crippen LogP contribution in [0.3, 0.4) is 0 Å². The highest BCUT2D eigenvalue weighted by molar-refractivity contribution is 5.79. The Kier molecular flexibility index (Phi) is 5.53. The van der Waals surface area contributed by atoms with E-state index in [0.29, 0.717) is 0 Å². The molecule has 34 heavy (non-hydrogen) atoms. The minimum Gasteiger partial charge on any atom is -0.497 e. The van der Waals surface area contributed by atoms with E-state index in [1.807, 2.05) is 24.3 Å². The number of rotatable bonds is 5. The van der Waals surface area contributed by atoms with E-state index in [9.17, 15) is 0 Å². The van der Waals surface area contributed by atoms with Crippen LogP contribution in [0.25, 0.3) is 11.0 Å². The van der Waals surface area contributed by atoms with E-state index in [1.54, 1.807) is 7.11 Å². The van der Waals surface area contributed by atoms with Crippen molar-refractivity contribution in [3.8, 4) is 5.75 Å². The molecule has 1 aromatic heterocycles. The lowest BCUT2D eigenvalue weighted by molar-refractivity contribution is 0.414. The Morgan fingerprint density at radius 3 is 1.71 bits per heavy atom. The molecule has 4 aromatic carbocycles. The molecule has 0 N–H and O–H groups in total. The molecule has 0 saturated heterocycles. The second-order valence-corrected chi connectivity index (χ2v) is 9.82. The molecule has 0 amide bonds. The van der Waals surface area contributed by atoms with Gasteiger partial charge in [0.25, 0.3) is 0 Å². The van der Waals surface area contributed by atoms with E-state index in [0.717, 1.165) is 39.2 Å². The molecule has 0 bridgehead atoms. The summed E-state index contributed by atoms with van der Waals surface area (Å²) in [6, 6.07) is 38.4. The maximum absolute atomic E-state index is 6.62. The summed E-state index contributed by atoms with van der Waals surface area (Å²) in [4.78, 5) is 0. The van der Waals surface area contributed by atoms with Crippen LogP contribution in [0.15, 0.2) is 114 Å². The Bertz CT molecular complexity index is 1350. The second-order valence-electron chi connectivity index (χ2n) is 9.82. The van der Waals surface area contributed by atoms with Gasteiger partial charge in [-0.3, -0.25) is 0 Å². The van der Waals surface area contributed by atoms with Gasteiger partial charge < -0.3 is 9.15 Å². The third-order valence-electron chi connectivity index (χ3n) is 6.71. The first-order chi connectivity index (χ1) is 16.4. The largest absolute Gasteiger partial charge is 0.497 e. The summed E-state index contributed by atoms with van der Waals surface area (Å²) in [5, 5.41) is 1.10. The molecule has 5 aromatic rings. The molecule has 1 atom stereocenters. The maximum atomic E-state index is 6.62. The zero-order valence-corrected chi connectivity index (χ0v) is 20.2. The molecule has 1 unspecified atom stereocenters. The fraction of sp³-hybridized carbons (Fsp3) is 0.188. The molecule has 0 saturated carbocycles. The number of methoxy groups -OCH3 is 1. The van der Waals surface area contributed by atoms with Gasteiger partial charge in [0, 0.05) is 5.39 Å². The first-order valence-electron chi connectivity index (χ1n) is 11.7. The smallest absolute Gasteiger partial charge is 0.134 e. The van der Waals surface area contributed by atoms with Crippen LogP contribution in [0.2, 0.25) is 0 Å². The van der Waals surface area contributed by atoms with Crippen LogP contribution in [-0.2, 0) is 10.8 Å². The molecule has 2 nitrogen and oxygen atoms in total. The highest BCUT2D eigenvalue weighted by Crippen LogP contribution is 2.47. The highest BCUT2D eigenvalue weighted by Gasteiger charge is 2.41. The van der Waals surface area contributed by atoms with Gasteiger partial charge in [0.1, 0.15) is 22.5 Å². The van der Waals surface area contributed by atoms with E-state index < -0.39 is 5.41 Å². The predicted molar refractivity (Wildman–Crippen MR) is 140 cm³/mol. The van der Waals surface area contributed by atoms with Gasteiger partial charge in [0.2, 0.25) is 0 Å². The van der Waals surface area contributed by atoms with E-state index in [1.165, 1.54) is 5.56 Å². The number of hydrogen-bond acceptors (Lipinski definition) is 2. The van der Waals surface area contributed by atoms with Crippen molar-refractivity contribution in [2.75, 3.05) is 7.11 Å². The molecule has 2 heteroatoms. The third kappa shape index (κ3) is 3.70. The van der Waals surface area contributed by atoms with Gasteiger partial charge in [0.05, 0.1) is 7.11 Å². The number of ether oxygens (including phenoxy) is 1. The van der Waals surface area contributed by atoms with Crippen LogP contribution in [0.4, 0.5) is 0 Å². The zero-order chi connectivity index (χ0) is 23.8. The Hall–Kier alpha value is -3.78. The molecule has 0 aliphatic carbocycles. The van der Waals surface area contributed by atoms with Crippen LogP contribution < -0.4 is 4.74 Å². The van der Waals surface area contributed by atoms with Gasteiger partial charge in [-0.25, -0.2) is 0 Å².